The van der Waals surface area contributed by atoms with Gasteiger partial charge in [-0.2, -0.15) is 18.4 Å². The van der Waals surface area contributed by atoms with E-state index >= 15 is 0 Å². The first-order chi connectivity index (χ1) is 17.5. The van der Waals surface area contributed by atoms with Crippen LogP contribution in [0.2, 0.25) is 0 Å². The molecular formula is C27H32ClF4N5O. The number of nitriles is 1. The molecule has 2 fully saturated rings. The molecule has 0 saturated carbocycles. The maximum Gasteiger partial charge on any atom is 0.417 e. The fourth-order valence-corrected chi connectivity index (χ4v) is 5.03. The van der Waals surface area contributed by atoms with E-state index in [1.54, 1.807) is 30.0 Å². The summed E-state index contributed by atoms with van der Waals surface area (Å²) in [5.74, 6) is -0.323. The Balaban J connectivity index is 0.00000400. The maximum absolute atomic E-state index is 14.0. The van der Waals surface area contributed by atoms with Gasteiger partial charge < -0.3 is 10.2 Å². The Labute approximate surface area is 226 Å². The molecule has 0 aromatic heterocycles. The van der Waals surface area contributed by atoms with Gasteiger partial charge in [-0.25, -0.2) is 4.39 Å². The van der Waals surface area contributed by atoms with Crippen molar-refractivity contribution in [1.29, 1.82) is 5.26 Å². The third kappa shape index (κ3) is 6.46. The minimum Gasteiger partial charge on any atom is -0.356 e. The number of piperazine rings is 2. The lowest BCUT2D eigenvalue weighted by Gasteiger charge is -2.48. The number of nitrogens with one attached hydrogen (secondary N) is 1. The van der Waals surface area contributed by atoms with Gasteiger partial charge in [0.2, 0.25) is 0 Å². The van der Waals surface area contributed by atoms with E-state index in [1.165, 1.54) is 18.2 Å². The smallest absolute Gasteiger partial charge is 0.356 e. The Morgan fingerprint density at radius 2 is 1.79 bits per heavy atom. The van der Waals surface area contributed by atoms with Crippen molar-refractivity contribution < 1.29 is 22.4 Å². The number of hydrogen-bond acceptors (Lipinski definition) is 6. The van der Waals surface area contributed by atoms with E-state index in [-0.39, 0.29) is 42.3 Å². The molecule has 1 N–H and O–H groups in total. The highest BCUT2D eigenvalue weighted by Gasteiger charge is 2.44. The largest absolute Gasteiger partial charge is 0.417 e. The van der Waals surface area contributed by atoms with Crippen molar-refractivity contribution in [2.75, 3.05) is 50.7 Å². The molecule has 2 aliphatic rings. The minimum absolute atomic E-state index is 0. The van der Waals surface area contributed by atoms with Crippen molar-refractivity contribution in [2.45, 2.75) is 38.1 Å². The summed E-state index contributed by atoms with van der Waals surface area (Å²) in [5.41, 5.74) is -1.60. The fraction of sp³-hybridized carbons (Fsp3) is 0.481. The molecule has 2 unspecified atom stereocenters. The highest BCUT2D eigenvalue weighted by atomic mass is 35.5. The van der Waals surface area contributed by atoms with Crippen molar-refractivity contribution in [2.24, 2.45) is 0 Å². The second kappa shape index (κ2) is 12.0. The molecule has 0 amide bonds. The summed E-state index contributed by atoms with van der Waals surface area (Å²) >= 11 is 0. The average molecular weight is 554 g/mol. The Morgan fingerprint density at radius 1 is 1.13 bits per heavy atom. The Bertz CT molecular complexity index is 1180. The summed E-state index contributed by atoms with van der Waals surface area (Å²) < 4.78 is 54.9. The molecule has 2 aromatic carbocycles. The zero-order valence-corrected chi connectivity index (χ0v) is 22.2. The lowest BCUT2D eigenvalue weighted by atomic mass is 9.88. The van der Waals surface area contributed by atoms with Crippen molar-refractivity contribution in [3.63, 3.8) is 0 Å². The number of hydrogen-bond donors (Lipinski definition) is 1. The number of benzene rings is 2. The summed E-state index contributed by atoms with van der Waals surface area (Å²) in [7, 11) is 0. The summed E-state index contributed by atoms with van der Waals surface area (Å²) in [6.07, 6.45) is -4.68. The van der Waals surface area contributed by atoms with Crippen molar-refractivity contribution in [1.82, 2.24) is 15.1 Å². The van der Waals surface area contributed by atoms with E-state index in [0.29, 0.717) is 51.4 Å². The first-order valence-corrected chi connectivity index (χ1v) is 12.3. The van der Waals surface area contributed by atoms with Crippen LogP contribution in [-0.4, -0.2) is 73.0 Å². The van der Waals surface area contributed by atoms with Crippen LogP contribution in [0.15, 0.2) is 42.5 Å². The quantitative estimate of drug-likeness (QED) is 0.544. The molecule has 0 bridgehead atoms. The molecule has 4 rings (SSSR count). The van der Waals surface area contributed by atoms with Gasteiger partial charge in [0.05, 0.1) is 23.7 Å². The summed E-state index contributed by atoms with van der Waals surface area (Å²) in [6.45, 7) is 7.62. The molecule has 206 valence electrons. The highest BCUT2D eigenvalue weighted by molar-refractivity contribution is 5.94. The van der Waals surface area contributed by atoms with E-state index < -0.39 is 22.8 Å². The van der Waals surface area contributed by atoms with Gasteiger partial charge in [0.1, 0.15) is 11.4 Å². The van der Waals surface area contributed by atoms with Crippen molar-refractivity contribution >= 4 is 23.9 Å². The van der Waals surface area contributed by atoms with E-state index in [1.807, 2.05) is 17.9 Å². The second-order valence-corrected chi connectivity index (χ2v) is 10.1. The Morgan fingerprint density at radius 3 is 2.42 bits per heavy atom. The number of halogens is 5. The van der Waals surface area contributed by atoms with Crippen molar-refractivity contribution in [3.05, 3.63) is 65.0 Å². The predicted octanol–water partition coefficient (Wildman–Crippen LogP) is 4.08. The molecular weight excluding hydrogens is 522 g/mol. The Kier molecular flexibility index (Phi) is 9.42. The highest BCUT2D eigenvalue weighted by Crippen LogP contribution is 2.37. The van der Waals surface area contributed by atoms with Crippen LogP contribution in [0.25, 0.3) is 0 Å². The summed E-state index contributed by atoms with van der Waals surface area (Å²) in [6, 6.07) is 11.9. The molecule has 2 atom stereocenters. The number of Topliss-reactive ketones (excluding diaryl/α,β-unsaturated/α-hetero) is 1. The molecule has 6 nitrogen and oxygen atoms in total. The summed E-state index contributed by atoms with van der Waals surface area (Å²) in [4.78, 5) is 19.6. The first-order valence-electron chi connectivity index (χ1n) is 12.3. The molecule has 0 radical (unpaired) electrons. The standard InChI is InChI=1S/C27H31F4N5O.ClH/c1-19-15-36(22-8-7-20(14-32)23(13-22)27(29,30)31)26(2,18-33-19)25(37)17-35-11-9-34(10-12-35)16-21-5-3-4-6-24(21)28;/h3-8,13,19,33H,9-12,15-18H2,1-2H3;1H. The molecule has 0 aliphatic carbocycles. The minimum atomic E-state index is -4.68. The number of carbonyl (C=O) groups is 1. The van der Waals surface area contributed by atoms with E-state index in [0.717, 1.165) is 6.07 Å². The molecule has 2 saturated heterocycles. The van der Waals surface area contributed by atoms with E-state index in [9.17, 15) is 22.4 Å². The first kappa shape index (κ1) is 29.8. The number of carbonyl (C=O) groups excluding carboxylic acids is 1. The van der Waals surface area contributed by atoms with Gasteiger partial charge in [-0.1, -0.05) is 18.2 Å². The summed E-state index contributed by atoms with van der Waals surface area (Å²) in [5, 5.41) is 12.5. The lowest BCUT2D eigenvalue weighted by molar-refractivity contribution is -0.137. The number of alkyl halides is 3. The van der Waals surface area contributed by atoms with Gasteiger partial charge in [0.25, 0.3) is 0 Å². The van der Waals surface area contributed by atoms with Crippen LogP contribution < -0.4 is 10.2 Å². The number of rotatable bonds is 6. The Hall–Kier alpha value is -2.71. The van der Waals surface area contributed by atoms with Gasteiger partial charge in [0, 0.05) is 63.1 Å². The topological polar surface area (TPSA) is 62.6 Å². The van der Waals surface area contributed by atoms with Crippen molar-refractivity contribution in [3.8, 4) is 6.07 Å². The molecule has 0 spiro atoms. The molecule has 2 aromatic rings. The van der Waals surface area contributed by atoms with Gasteiger partial charge >= 0.3 is 6.18 Å². The van der Waals surface area contributed by atoms with E-state index in [4.69, 9.17) is 5.26 Å². The molecule has 11 heteroatoms. The molecule has 38 heavy (non-hydrogen) atoms. The zero-order chi connectivity index (χ0) is 26.8. The van der Waals surface area contributed by atoms with Gasteiger partial charge in [-0.15, -0.1) is 12.4 Å². The molecule has 2 heterocycles. The van der Waals surface area contributed by atoms with Crippen LogP contribution in [0.4, 0.5) is 23.2 Å². The zero-order valence-electron chi connectivity index (χ0n) is 21.4. The normalized spacial score (nSPS) is 23.0. The fourth-order valence-electron chi connectivity index (χ4n) is 5.03. The third-order valence-corrected chi connectivity index (χ3v) is 7.37. The average Bonchev–Trinajstić information content (AvgIpc) is 2.87. The molecule has 2 aliphatic heterocycles. The second-order valence-electron chi connectivity index (χ2n) is 10.1. The lowest BCUT2D eigenvalue weighted by Crippen LogP contribution is -2.68. The van der Waals surface area contributed by atoms with Crippen LogP contribution in [0.3, 0.4) is 0 Å². The van der Waals surface area contributed by atoms with Crippen LogP contribution in [-0.2, 0) is 17.5 Å². The monoisotopic (exact) mass is 553 g/mol. The number of ketones is 1. The van der Waals surface area contributed by atoms with Crippen LogP contribution >= 0.6 is 12.4 Å². The van der Waals surface area contributed by atoms with Gasteiger partial charge in [-0.05, 0) is 38.1 Å². The number of anilines is 1. The predicted molar refractivity (Wildman–Crippen MR) is 140 cm³/mol. The van der Waals surface area contributed by atoms with Crippen LogP contribution in [0.1, 0.15) is 30.5 Å². The SMILES string of the molecule is CC1CN(c2ccc(C#N)c(C(F)(F)F)c2)C(C)(C(=O)CN2CCN(Cc3ccccc3F)CC2)CN1.Cl. The van der Waals surface area contributed by atoms with Crippen LogP contribution in [0.5, 0.6) is 0 Å². The van der Waals surface area contributed by atoms with Crippen LogP contribution in [0, 0.1) is 17.1 Å². The van der Waals surface area contributed by atoms with Gasteiger partial charge in [-0.3, -0.25) is 14.6 Å². The third-order valence-electron chi connectivity index (χ3n) is 7.37. The maximum atomic E-state index is 14.0. The number of nitrogens with zero attached hydrogens (tertiary/aromatic N) is 4. The van der Waals surface area contributed by atoms with Gasteiger partial charge in [0.15, 0.2) is 5.78 Å². The van der Waals surface area contributed by atoms with E-state index in [2.05, 4.69) is 10.2 Å².